The number of hydrogen-bond donors (Lipinski definition) is 1. The molecule has 1 aromatic carbocycles. The maximum absolute atomic E-state index is 6.14. The molecule has 0 aromatic heterocycles. The van der Waals surface area contributed by atoms with Gasteiger partial charge in [-0.05, 0) is 43.0 Å². The number of nitrogens with two attached hydrogens (primary N) is 1. The molecular weight excluding hydrogens is 254 g/mol. The van der Waals surface area contributed by atoms with Gasteiger partial charge in [-0.2, -0.15) is 0 Å². The Hall–Kier alpha value is -1.26. The molecule has 2 atom stereocenters. The predicted octanol–water partition coefficient (Wildman–Crippen LogP) is 2.84. The van der Waals surface area contributed by atoms with Gasteiger partial charge in [-0.3, -0.25) is 0 Å². The van der Waals surface area contributed by atoms with E-state index >= 15 is 0 Å². The lowest BCUT2D eigenvalue weighted by molar-refractivity contribution is -0.000837. The molecule has 1 aliphatic heterocycles. The minimum atomic E-state index is 0.299. The van der Waals surface area contributed by atoms with Crippen molar-refractivity contribution in [3.05, 3.63) is 23.8 Å². The zero-order valence-electron chi connectivity index (χ0n) is 11.8. The third-order valence-corrected chi connectivity index (χ3v) is 4.29. The van der Waals surface area contributed by atoms with Crippen LogP contribution in [0.3, 0.4) is 0 Å². The van der Waals surface area contributed by atoms with Crippen LogP contribution in [0.15, 0.2) is 18.2 Å². The molecule has 4 heteroatoms. The van der Waals surface area contributed by atoms with Gasteiger partial charge in [0.15, 0.2) is 11.5 Å². The molecule has 2 N–H and O–H groups in total. The van der Waals surface area contributed by atoms with Crippen molar-refractivity contribution in [2.45, 2.75) is 44.8 Å². The van der Waals surface area contributed by atoms with Crippen molar-refractivity contribution in [1.29, 1.82) is 0 Å². The van der Waals surface area contributed by atoms with Gasteiger partial charge in [-0.15, -0.1) is 0 Å². The highest BCUT2D eigenvalue weighted by Crippen LogP contribution is 2.33. The van der Waals surface area contributed by atoms with Crippen LogP contribution >= 0.6 is 0 Å². The summed E-state index contributed by atoms with van der Waals surface area (Å²) < 4.78 is 16.9. The van der Waals surface area contributed by atoms with E-state index in [0.717, 1.165) is 30.0 Å². The summed E-state index contributed by atoms with van der Waals surface area (Å²) in [6.07, 6.45) is 6.47. The Morgan fingerprint density at radius 1 is 1.10 bits per heavy atom. The Balaban J connectivity index is 1.60. The maximum Gasteiger partial charge on any atom is 0.231 e. The molecule has 20 heavy (non-hydrogen) atoms. The first kappa shape index (κ1) is 13.7. The van der Waals surface area contributed by atoms with Crippen LogP contribution in [0.2, 0.25) is 0 Å². The fourth-order valence-electron chi connectivity index (χ4n) is 3.07. The van der Waals surface area contributed by atoms with Crippen LogP contribution in [0.4, 0.5) is 0 Å². The van der Waals surface area contributed by atoms with Crippen LogP contribution in [-0.4, -0.2) is 19.4 Å². The minimum absolute atomic E-state index is 0.299. The van der Waals surface area contributed by atoms with E-state index in [1.807, 2.05) is 18.2 Å². The Labute approximate surface area is 120 Å². The van der Waals surface area contributed by atoms with E-state index in [0.29, 0.717) is 25.4 Å². The van der Waals surface area contributed by atoms with Crippen LogP contribution in [0.25, 0.3) is 0 Å². The Morgan fingerprint density at radius 3 is 2.85 bits per heavy atom. The Kier molecular flexibility index (Phi) is 4.43. The molecule has 3 rings (SSSR count). The van der Waals surface area contributed by atoms with E-state index in [-0.39, 0.29) is 0 Å². The number of fused-ring (bicyclic) bond motifs is 1. The second kappa shape index (κ2) is 6.46. The first-order chi connectivity index (χ1) is 9.86. The summed E-state index contributed by atoms with van der Waals surface area (Å²) in [5.41, 5.74) is 7.02. The number of hydrogen-bond acceptors (Lipinski definition) is 4. The molecule has 1 fully saturated rings. The molecular formula is C16H23NO3. The molecule has 1 aliphatic carbocycles. The van der Waals surface area contributed by atoms with Gasteiger partial charge in [0.05, 0.1) is 12.7 Å². The fraction of sp³-hybridized carbons (Fsp3) is 0.625. The third kappa shape index (κ3) is 3.07. The lowest BCUT2D eigenvalue weighted by Gasteiger charge is -2.24. The SMILES string of the molecule is NCC1CCCCCC1OCc1ccc2c(c1)OCO2. The molecule has 0 amide bonds. The van der Waals surface area contributed by atoms with Crippen LogP contribution in [0.1, 0.15) is 37.7 Å². The first-order valence-corrected chi connectivity index (χ1v) is 7.57. The van der Waals surface area contributed by atoms with Crippen molar-refractivity contribution in [1.82, 2.24) is 0 Å². The average Bonchev–Trinajstić information content (AvgIpc) is 2.82. The van der Waals surface area contributed by atoms with Crippen molar-refractivity contribution in [3.63, 3.8) is 0 Å². The standard InChI is InChI=1S/C16H23NO3/c17-9-13-4-2-1-3-5-14(13)18-10-12-6-7-15-16(8-12)20-11-19-15/h6-8,13-14H,1-5,9-11,17H2. The second-order valence-corrected chi connectivity index (χ2v) is 5.67. The normalized spacial score (nSPS) is 25.4. The lowest BCUT2D eigenvalue weighted by atomic mass is 9.97. The van der Waals surface area contributed by atoms with Gasteiger partial charge in [0.1, 0.15) is 0 Å². The number of rotatable bonds is 4. The number of ether oxygens (including phenoxy) is 3. The van der Waals surface area contributed by atoms with E-state index in [4.69, 9.17) is 19.9 Å². The quantitative estimate of drug-likeness (QED) is 0.860. The van der Waals surface area contributed by atoms with E-state index in [1.165, 1.54) is 25.7 Å². The molecule has 1 aromatic rings. The molecule has 2 aliphatic rings. The topological polar surface area (TPSA) is 53.7 Å². The van der Waals surface area contributed by atoms with Crippen LogP contribution < -0.4 is 15.2 Å². The lowest BCUT2D eigenvalue weighted by Crippen LogP contribution is -2.29. The zero-order valence-corrected chi connectivity index (χ0v) is 11.8. The summed E-state index contributed by atoms with van der Waals surface area (Å²) in [6.45, 7) is 1.67. The third-order valence-electron chi connectivity index (χ3n) is 4.29. The summed E-state index contributed by atoms with van der Waals surface area (Å²) in [5, 5.41) is 0. The largest absolute Gasteiger partial charge is 0.454 e. The van der Waals surface area contributed by atoms with Crippen molar-refractivity contribution < 1.29 is 14.2 Å². The van der Waals surface area contributed by atoms with Gasteiger partial charge in [-0.25, -0.2) is 0 Å². The van der Waals surface area contributed by atoms with Gasteiger partial charge in [0, 0.05) is 0 Å². The van der Waals surface area contributed by atoms with E-state index < -0.39 is 0 Å². The van der Waals surface area contributed by atoms with Gasteiger partial charge >= 0.3 is 0 Å². The van der Waals surface area contributed by atoms with Crippen molar-refractivity contribution in [2.24, 2.45) is 11.7 Å². The summed E-state index contributed by atoms with van der Waals surface area (Å²) in [7, 11) is 0. The second-order valence-electron chi connectivity index (χ2n) is 5.67. The van der Waals surface area contributed by atoms with Gasteiger partial charge in [0.2, 0.25) is 6.79 Å². The molecule has 0 bridgehead atoms. The van der Waals surface area contributed by atoms with Crippen molar-refractivity contribution in [3.8, 4) is 11.5 Å². The zero-order chi connectivity index (χ0) is 13.8. The average molecular weight is 277 g/mol. The molecule has 1 saturated carbocycles. The van der Waals surface area contributed by atoms with E-state index in [2.05, 4.69) is 0 Å². The predicted molar refractivity (Wildman–Crippen MR) is 76.8 cm³/mol. The summed E-state index contributed by atoms with van der Waals surface area (Å²) in [6, 6.07) is 6.01. The molecule has 0 spiro atoms. The number of benzene rings is 1. The molecule has 1 heterocycles. The maximum atomic E-state index is 6.14. The highest BCUT2D eigenvalue weighted by molar-refractivity contribution is 5.44. The molecule has 4 nitrogen and oxygen atoms in total. The summed E-state index contributed by atoms with van der Waals surface area (Å²) in [4.78, 5) is 0. The summed E-state index contributed by atoms with van der Waals surface area (Å²) in [5.74, 6) is 2.15. The van der Waals surface area contributed by atoms with E-state index in [1.54, 1.807) is 0 Å². The smallest absolute Gasteiger partial charge is 0.231 e. The molecule has 2 unspecified atom stereocenters. The van der Waals surface area contributed by atoms with Gasteiger partial charge < -0.3 is 19.9 Å². The van der Waals surface area contributed by atoms with Crippen molar-refractivity contribution in [2.75, 3.05) is 13.3 Å². The molecule has 0 radical (unpaired) electrons. The monoisotopic (exact) mass is 277 g/mol. The van der Waals surface area contributed by atoms with Gasteiger partial charge in [-0.1, -0.05) is 25.3 Å². The highest BCUT2D eigenvalue weighted by Gasteiger charge is 2.23. The fourth-order valence-corrected chi connectivity index (χ4v) is 3.07. The highest BCUT2D eigenvalue weighted by atomic mass is 16.7. The molecule has 0 saturated heterocycles. The first-order valence-electron chi connectivity index (χ1n) is 7.57. The van der Waals surface area contributed by atoms with Crippen LogP contribution in [0.5, 0.6) is 11.5 Å². The molecule has 110 valence electrons. The Morgan fingerprint density at radius 2 is 1.95 bits per heavy atom. The van der Waals surface area contributed by atoms with Crippen LogP contribution in [0, 0.1) is 5.92 Å². The van der Waals surface area contributed by atoms with E-state index in [9.17, 15) is 0 Å². The Bertz CT molecular complexity index is 449. The summed E-state index contributed by atoms with van der Waals surface area (Å²) >= 11 is 0. The van der Waals surface area contributed by atoms with Crippen LogP contribution in [-0.2, 0) is 11.3 Å². The van der Waals surface area contributed by atoms with Gasteiger partial charge in [0.25, 0.3) is 0 Å². The minimum Gasteiger partial charge on any atom is -0.454 e. The van der Waals surface area contributed by atoms with Crippen molar-refractivity contribution >= 4 is 0 Å².